The van der Waals surface area contributed by atoms with Crippen molar-refractivity contribution in [1.82, 2.24) is 15.0 Å². The number of hydrogen-bond acceptors (Lipinski definition) is 6. The van der Waals surface area contributed by atoms with Crippen LogP contribution < -0.4 is 5.32 Å². The van der Waals surface area contributed by atoms with Crippen molar-refractivity contribution in [2.75, 3.05) is 5.32 Å². The summed E-state index contributed by atoms with van der Waals surface area (Å²) >= 11 is 0. The molecule has 2 heterocycles. The van der Waals surface area contributed by atoms with Gasteiger partial charge in [-0.3, -0.25) is 15.1 Å². The van der Waals surface area contributed by atoms with Gasteiger partial charge in [-0.15, -0.1) is 0 Å². The topological polar surface area (TPSA) is 93.8 Å². The van der Waals surface area contributed by atoms with Gasteiger partial charge in [-0.2, -0.15) is 0 Å². The normalized spacial score (nSPS) is 10.7. The molecule has 7 nitrogen and oxygen atoms in total. The summed E-state index contributed by atoms with van der Waals surface area (Å²) in [4.78, 5) is 24.1. The third-order valence-electron chi connectivity index (χ3n) is 4.18. The van der Waals surface area contributed by atoms with Crippen LogP contribution in [0.1, 0.15) is 5.56 Å². The Labute approximate surface area is 154 Å². The summed E-state index contributed by atoms with van der Waals surface area (Å²) in [6.45, 7) is 0.286. The Bertz CT molecular complexity index is 1120. The van der Waals surface area contributed by atoms with E-state index in [1.165, 1.54) is 6.07 Å². The third kappa shape index (κ3) is 3.43. The van der Waals surface area contributed by atoms with Crippen molar-refractivity contribution in [3.05, 3.63) is 88.7 Å². The number of anilines is 1. The first-order valence-electron chi connectivity index (χ1n) is 8.36. The lowest BCUT2D eigenvalue weighted by Crippen LogP contribution is -2.06. The molecule has 0 fully saturated rings. The van der Waals surface area contributed by atoms with Gasteiger partial charge in [0.25, 0.3) is 5.69 Å². The van der Waals surface area contributed by atoms with E-state index in [0.717, 1.165) is 16.5 Å². The highest BCUT2D eigenvalue weighted by atomic mass is 16.6. The number of hydrogen-bond donors (Lipinski definition) is 1. The zero-order chi connectivity index (χ0) is 18.6. The maximum atomic E-state index is 11.2. The second-order valence-electron chi connectivity index (χ2n) is 5.89. The van der Waals surface area contributed by atoms with Crippen LogP contribution in [0.4, 0.5) is 11.5 Å². The van der Waals surface area contributed by atoms with Gasteiger partial charge in [0.2, 0.25) is 0 Å². The van der Waals surface area contributed by atoms with Gasteiger partial charge < -0.3 is 5.32 Å². The van der Waals surface area contributed by atoms with E-state index in [9.17, 15) is 10.1 Å². The van der Waals surface area contributed by atoms with Gasteiger partial charge >= 0.3 is 0 Å². The second kappa shape index (κ2) is 7.17. The van der Waals surface area contributed by atoms with E-state index in [1.54, 1.807) is 30.6 Å². The van der Waals surface area contributed by atoms with Crippen LogP contribution in [0.25, 0.3) is 22.3 Å². The van der Waals surface area contributed by atoms with Crippen molar-refractivity contribution in [2.45, 2.75) is 6.54 Å². The van der Waals surface area contributed by atoms with E-state index in [1.807, 2.05) is 36.4 Å². The molecule has 0 atom stereocenters. The van der Waals surface area contributed by atoms with Crippen LogP contribution in [-0.2, 0) is 6.54 Å². The highest BCUT2D eigenvalue weighted by molar-refractivity contribution is 5.90. The SMILES string of the molecule is O=[N+]([O-])c1ccccc1CNc1nc(-c2ccncc2)nc2ccccc12. The molecule has 2 aromatic heterocycles. The molecule has 0 aliphatic rings. The van der Waals surface area contributed by atoms with Gasteiger partial charge in [0.15, 0.2) is 5.82 Å². The molecule has 0 spiro atoms. The van der Waals surface area contributed by atoms with E-state index in [-0.39, 0.29) is 17.2 Å². The van der Waals surface area contributed by atoms with E-state index in [4.69, 9.17) is 0 Å². The standard InChI is InChI=1S/C20H15N5O2/c26-25(27)18-8-4-1-5-15(18)13-22-20-16-6-2-3-7-17(16)23-19(24-20)14-9-11-21-12-10-14/h1-12H,13H2,(H,22,23,24). The molecule has 4 rings (SSSR count). The minimum atomic E-state index is -0.377. The van der Waals surface area contributed by atoms with Crippen molar-refractivity contribution < 1.29 is 4.92 Å². The molecule has 0 amide bonds. The van der Waals surface area contributed by atoms with Gasteiger partial charge in [-0.25, -0.2) is 9.97 Å². The van der Waals surface area contributed by atoms with Gasteiger partial charge in [0.1, 0.15) is 5.82 Å². The molecule has 2 aromatic carbocycles. The summed E-state index contributed by atoms with van der Waals surface area (Å²) in [6, 6.07) is 18.0. The Morgan fingerprint density at radius 1 is 0.926 bits per heavy atom. The average molecular weight is 357 g/mol. The summed E-state index contributed by atoms with van der Waals surface area (Å²) in [6.07, 6.45) is 3.38. The third-order valence-corrected chi connectivity index (χ3v) is 4.18. The number of aromatic nitrogens is 3. The first kappa shape index (κ1) is 16.6. The van der Waals surface area contributed by atoms with Crippen LogP contribution >= 0.6 is 0 Å². The number of nitrogens with zero attached hydrogens (tertiary/aromatic N) is 4. The van der Waals surface area contributed by atoms with Crippen LogP contribution in [0.3, 0.4) is 0 Å². The summed E-state index contributed by atoms with van der Waals surface area (Å²) in [7, 11) is 0. The first-order valence-corrected chi connectivity index (χ1v) is 8.36. The van der Waals surface area contributed by atoms with Gasteiger partial charge in [0.05, 0.1) is 10.4 Å². The molecule has 7 heteroatoms. The van der Waals surface area contributed by atoms with Gasteiger partial charge in [-0.1, -0.05) is 30.3 Å². The Morgan fingerprint density at radius 2 is 1.67 bits per heavy atom. The molecule has 0 aliphatic carbocycles. The van der Waals surface area contributed by atoms with Crippen molar-refractivity contribution in [3.8, 4) is 11.4 Å². The lowest BCUT2D eigenvalue weighted by molar-refractivity contribution is -0.385. The number of nitro groups is 1. The Balaban J connectivity index is 1.74. The minimum Gasteiger partial charge on any atom is -0.365 e. The first-order chi connectivity index (χ1) is 13.2. The number of para-hydroxylation sites is 2. The fraction of sp³-hybridized carbons (Fsp3) is 0.0500. The zero-order valence-electron chi connectivity index (χ0n) is 14.2. The molecule has 0 saturated carbocycles. The fourth-order valence-electron chi connectivity index (χ4n) is 2.86. The summed E-state index contributed by atoms with van der Waals surface area (Å²) < 4.78 is 0. The summed E-state index contributed by atoms with van der Waals surface area (Å²) in [5.74, 6) is 1.20. The number of rotatable bonds is 5. The van der Waals surface area contributed by atoms with Crippen LogP contribution in [0.2, 0.25) is 0 Å². The van der Waals surface area contributed by atoms with Gasteiger partial charge in [0, 0.05) is 41.5 Å². The second-order valence-corrected chi connectivity index (χ2v) is 5.89. The molecular weight excluding hydrogens is 342 g/mol. The number of nitrogens with one attached hydrogen (secondary N) is 1. The van der Waals surface area contributed by atoms with E-state index >= 15 is 0 Å². The predicted octanol–water partition coefficient (Wildman–Crippen LogP) is 4.21. The van der Waals surface area contributed by atoms with Crippen LogP contribution in [-0.4, -0.2) is 19.9 Å². The molecule has 0 aliphatic heterocycles. The molecule has 4 aromatic rings. The molecule has 1 N–H and O–H groups in total. The largest absolute Gasteiger partial charge is 0.365 e. The number of fused-ring (bicyclic) bond motifs is 1. The van der Waals surface area contributed by atoms with E-state index in [0.29, 0.717) is 17.2 Å². The van der Waals surface area contributed by atoms with Crippen molar-refractivity contribution in [2.24, 2.45) is 0 Å². The lowest BCUT2D eigenvalue weighted by atomic mass is 10.1. The molecular formula is C20H15N5O2. The monoisotopic (exact) mass is 357 g/mol. The quantitative estimate of drug-likeness (QED) is 0.425. The predicted molar refractivity (Wildman–Crippen MR) is 103 cm³/mol. The maximum absolute atomic E-state index is 11.2. The van der Waals surface area contributed by atoms with Crippen LogP contribution in [0.5, 0.6) is 0 Å². The Morgan fingerprint density at radius 3 is 2.48 bits per heavy atom. The number of nitro benzene ring substituents is 1. The fourth-order valence-corrected chi connectivity index (χ4v) is 2.86. The zero-order valence-corrected chi connectivity index (χ0v) is 14.2. The molecule has 0 radical (unpaired) electrons. The highest BCUT2D eigenvalue weighted by Gasteiger charge is 2.14. The Kier molecular flexibility index (Phi) is 4.40. The van der Waals surface area contributed by atoms with E-state index in [2.05, 4.69) is 20.3 Å². The Hall–Kier alpha value is -3.87. The summed E-state index contributed by atoms with van der Waals surface area (Å²) in [5.41, 5.74) is 2.32. The summed E-state index contributed by atoms with van der Waals surface area (Å²) in [5, 5.41) is 15.3. The molecule has 132 valence electrons. The van der Waals surface area contributed by atoms with Crippen LogP contribution in [0.15, 0.2) is 73.1 Å². The maximum Gasteiger partial charge on any atom is 0.274 e. The molecule has 0 unspecified atom stereocenters. The minimum absolute atomic E-state index is 0.0812. The molecule has 27 heavy (non-hydrogen) atoms. The lowest BCUT2D eigenvalue weighted by Gasteiger charge is -2.11. The average Bonchev–Trinajstić information content (AvgIpc) is 2.72. The van der Waals surface area contributed by atoms with E-state index < -0.39 is 0 Å². The van der Waals surface area contributed by atoms with Gasteiger partial charge in [-0.05, 0) is 24.3 Å². The van der Waals surface area contributed by atoms with Crippen LogP contribution in [0, 0.1) is 10.1 Å². The van der Waals surface area contributed by atoms with Crippen molar-refractivity contribution >= 4 is 22.4 Å². The van der Waals surface area contributed by atoms with Crippen molar-refractivity contribution in [1.29, 1.82) is 0 Å². The number of pyridine rings is 1. The smallest absolute Gasteiger partial charge is 0.274 e. The highest BCUT2D eigenvalue weighted by Crippen LogP contribution is 2.26. The number of benzene rings is 2. The van der Waals surface area contributed by atoms with Crippen molar-refractivity contribution in [3.63, 3.8) is 0 Å². The molecule has 0 saturated heterocycles. The molecule has 0 bridgehead atoms.